The SMILES string of the molecule is O=C1C2CCCN(CCN3CCCCC3)C2C2Cc3ccccc3N12. The maximum absolute atomic E-state index is 13.1. The standard InChI is InChI=1S/C21H29N3O/c25-21-17-8-6-12-23(14-13-22-10-4-1-5-11-22)20(17)19-15-16-7-2-3-9-18(16)24(19)21/h2-3,7,9,17,19-20H,1,4-6,8,10-15H2. The summed E-state index contributed by atoms with van der Waals surface area (Å²) in [6.45, 7) is 6.01. The van der Waals surface area contributed by atoms with E-state index in [0.717, 1.165) is 19.4 Å². The lowest BCUT2D eigenvalue weighted by Gasteiger charge is -2.40. The van der Waals surface area contributed by atoms with Crippen molar-refractivity contribution in [3.8, 4) is 0 Å². The summed E-state index contributed by atoms with van der Waals surface area (Å²) in [5.74, 6) is 0.621. The van der Waals surface area contributed by atoms with Gasteiger partial charge in [0.05, 0.1) is 12.0 Å². The number of rotatable bonds is 3. The number of hydrogen-bond donors (Lipinski definition) is 0. The zero-order chi connectivity index (χ0) is 16.8. The second-order valence-corrected chi connectivity index (χ2v) is 8.29. The number of hydrogen-bond acceptors (Lipinski definition) is 3. The van der Waals surface area contributed by atoms with E-state index in [1.54, 1.807) is 0 Å². The maximum atomic E-state index is 13.1. The number of benzene rings is 1. The molecular weight excluding hydrogens is 310 g/mol. The Morgan fingerprint density at radius 1 is 0.960 bits per heavy atom. The quantitative estimate of drug-likeness (QED) is 0.847. The molecule has 0 bridgehead atoms. The van der Waals surface area contributed by atoms with Crippen molar-refractivity contribution < 1.29 is 4.79 Å². The fraction of sp³-hybridized carbons (Fsp3) is 0.667. The molecule has 4 heteroatoms. The largest absolute Gasteiger partial charge is 0.307 e. The number of amides is 1. The van der Waals surface area contributed by atoms with Gasteiger partial charge in [-0.3, -0.25) is 9.69 Å². The monoisotopic (exact) mass is 339 g/mol. The van der Waals surface area contributed by atoms with Gasteiger partial charge in [-0.2, -0.15) is 0 Å². The number of likely N-dealkylation sites (tertiary alicyclic amines) is 2. The van der Waals surface area contributed by atoms with Gasteiger partial charge >= 0.3 is 0 Å². The van der Waals surface area contributed by atoms with Gasteiger partial charge in [0.25, 0.3) is 0 Å². The molecule has 25 heavy (non-hydrogen) atoms. The molecule has 3 unspecified atom stereocenters. The molecule has 1 aromatic rings. The average molecular weight is 339 g/mol. The highest BCUT2D eigenvalue weighted by atomic mass is 16.2. The Balaban J connectivity index is 1.34. The zero-order valence-corrected chi connectivity index (χ0v) is 15.1. The smallest absolute Gasteiger partial charge is 0.232 e. The van der Waals surface area contributed by atoms with Crippen LogP contribution in [-0.4, -0.2) is 60.5 Å². The summed E-state index contributed by atoms with van der Waals surface area (Å²) in [6, 6.07) is 9.33. The van der Waals surface area contributed by atoms with Crippen molar-refractivity contribution in [3.63, 3.8) is 0 Å². The topological polar surface area (TPSA) is 26.8 Å². The van der Waals surface area contributed by atoms with Crippen LogP contribution in [0.5, 0.6) is 0 Å². The molecule has 4 nitrogen and oxygen atoms in total. The number of fused-ring (bicyclic) bond motifs is 5. The van der Waals surface area contributed by atoms with Crippen molar-refractivity contribution in [2.24, 2.45) is 5.92 Å². The lowest BCUT2D eigenvalue weighted by atomic mass is 9.86. The minimum Gasteiger partial charge on any atom is -0.307 e. The normalized spacial score (nSPS) is 32.6. The molecule has 0 radical (unpaired) electrons. The molecule has 0 aromatic heterocycles. The molecule has 3 atom stereocenters. The number of carbonyl (C=O) groups is 1. The van der Waals surface area contributed by atoms with Crippen LogP contribution in [-0.2, 0) is 11.2 Å². The molecule has 3 saturated heterocycles. The molecule has 3 fully saturated rings. The highest BCUT2D eigenvalue weighted by molar-refractivity contribution is 6.01. The third-order valence-corrected chi connectivity index (χ3v) is 6.91. The highest BCUT2D eigenvalue weighted by Crippen LogP contribution is 2.45. The molecule has 0 spiro atoms. The molecule has 4 aliphatic rings. The summed E-state index contributed by atoms with van der Waals surface area (Å²) >= 11 is 0. The van der Waals surface area contributed by atoms with Gasteiger partial charge in [0.15, 0.2) is 0 Å². The van der Waals surface area contributed by atoms with Crippen LogP contribution in [0.4, 0.5) is 5.69 Å². The molecule has 0 saturated carbocycles. The maximum Gasteiger partial charge on any atom is 0.232 e. The molecule has 0 aliphatic carbocycles. The minimum absolute atomic E-state index is 0.230. The van der Waals surface area contributed by atoms with Crippen molar-refractivity contribution in [1.82, 2.24) is 9.80 Å². The van der Waals surface area contributed by atoms with E-state index in [1.165, 1.54) is 63.1 Å². The fourth-order valence-corrected chi connectivity index (χ4v) is 5.73. The second kappa shape index (κ2) is 6.40. The summed E-state index contributed by atoms with van der Waals surface area (Å²) < 4.78 is 0. The van der Waals surface area contributed by atoms with Gasteiger partial charge in [-0.25, -0.2) is 0 Å². The average Bonchev–Trinajstić information content (AvgIpc) is 3.17. The van der Waals surface area contributed by atoms with Crippen LogP contribution in [0.25, 0.3) is 0 Å². The van der Waals surface area contributed by atoms with E-state index >= 15 is 0 Å². The summed E-state index contributed by atoms with van der Waals surface area (Å²) in [5.41, 5.74) is 2.55. The number of piperidine rings is 2. The van der Waals surface area contributed by atoms with Crippen molar-refractivity contribution in [2.45, 2.75) is 50.6 Å². The Morgan fingerprint density at radius 3 is 2.68 bits per heavy atom. The van der Waals surface area contributed by atoms with Gasteiger partial charge in [-0.15, -0.1) is 0 Å². The van der Waals surface area contributed by atoms with Crippen LogP contribution < -0.4 is 4.90 Å². The number of para-hydroxylation sites is 1. The van der Waals surface area contributed by atoms with Crippen LogP contribution >= 0.6 is 0 Å². The Labute approximate surface area is 150 Å². The van der Waals surface area contributed by atoms with E-state index in [9.17, 15) is 4.79 Å². The fourth-order valence-electron chi connectivity index (χ4n) is 5.73. The van der Waals surface area contributed by atoms with Crippen molar-refractivity contribution in [2.75, 3.05) is 37.6 Å². The molecule has 134 valence electrons. The molecule has 1 aromatic carbocycles. The van der Waals surface area contributed by atoms with Crippen molar-refractivity contribution >= 4 is 11.6 Å². The minimum atomic E-state index is 0.230. The first-order valence-electron chi connectivity index (χ1n) is 10.2. The lowest BCUT2D eigenvalue weighted by Crippen LogP contribution is -2.52. The first-order valence-corrected chi connectivity index (χ1v) is 10.2. The van der Waals surface area contributed by atoms with E-state index in [0.29, 0.717) is 18.0 Å². The summed E-state index contributed by atoms with van der Waals surface area (Å²) in [6.07, 6.45) is 7.42. The Morgan fingerprint density at radius 2 is 1.80 bits per heavy atom. The predicted octanol–water partition coefficient (Wildman–Crippen LogP) is 2.52. The van der Waals surface area contributed by atoms with Gasteiger partial charge in [-0.05, 0) is 63.4 Å². The summed E-state index contributed by atoms with van der Waals surface area (Å²) in [5, 5.41) is 0. The van der Waals surface area contributed by atoms with Gasteiger partial charge in [-0.1, -0.05) is 24.6 Å². The number of nitrogens with zero attached hydrogens (tertiary/aromatic N) is 3. The van der Waals surface area contributed by atoms with Gasteiger partial charge < -0.3 is 9.80 Å². The number of carbonyl (C=O) groups excluding carboxylic acids is 1. The van der Waals surface area contributed by atoms with E-state index in [1.807, 2.05) is 0 Å². The highest BCUT2D eigenvalue weighted by Gasteiger charge is 2.54. The molecule has 4 aliphatic heterocycles. The van der Waals surface area contributed by atoms with Crippen molar-refractivity contribution in [1.29, 1.82) is 0 Å². The van der Waals surface area contributed by atoms with Crippen LogP contribution in [0.15, 0.2) is 24.3 Å². The first kappa shape index (κ1) is 15.8. The van der Waals surface area contributed by atoms with Crippen LogP contribution in [0.1, 0.15) is 37.7 Å². The Bertz CT molecular complexity index is 654. The third-order valence-electron chi connectivity index (χ3n) is 6.91. The second-order valence-electron chi connectivity index (χ2n) is 8.29. The van der Waals surface area contributed by atoms with E-state index in [2.05, 4.69) is 39.0 Å². The van der Waals surface area contributed by atoms with E-state index in [4.69, 9.17) is 0 Å². The zero-order valence-electron chi connectivity index (χ0n) is 15.1. The van der Waals surface area contributed by atoms with E-state index < -0.39 is 0 Å². The first-order chi connectivity index (χ1) is 12.3. The summed E-state index contributed by atoms with van der Waals surface area (Å²) in [7, 11) is 0. The van der Waals surface area contributed by atoms with Crippen molar-refractivity contribution in [3.05, 3.63) is 29.8 Å². The molecule has 5 rings (SSSR count). The Kier molecular flexibility index (Phi) is 4.05. The Hall–Kier alpha value is -1.39. The van der Waals surface area contributed by atoms with Gasteiger partial charge in [0.2, 0.25) is 5.91 Å². The van der Waals surface area contributed by atoms with E-state index in [-0.39, 0.29) is 5.92 Å². The molecule has 0 N–H and O–H groups in total. The molecule has 4 heterocycles. The van der Waals surface area contributed by atoms with Gasteiger partial charge in [0, 0.05) is 24.8 Å². The van der Waals surface area contributed by atoms with Crippen LogP contribution in [0.2, 0.25) is 0 Å². The summed E-state index contributed by atoms with van der Waals surface area (Å²) in [4.78, 5) is 20.6. The predicted molar refractivity (Wildman–Crippen MR) is 99.8 cm³/mol. The van der Waals surface area contributed by atoms with Gasteiger partial charge in [0.1, 0.15) is 0 Å². The lowest BCUT2D eigenvalue weighted by molar-refractivity contribution is -0.122. The molecular formula is C21H29N3O. The number of anilines is 1. The van der Waals surface area contributed by atoms with Crippen LogP contribution in [0, 0.1) is 5.92 Å². The molecule has 1 amide bonds. The van der Waals surface area contributed by atoms with Crippen LogP contribution in [0.3, 0.4) is 0 Å². The third kappa shape index (κ3) is 2.61.